The molecule has 0 aliphatic heterocycles. The van der Waals surface area contributed by atoms with Gasteiger partial charge < -0.3 is 4.42 Å². The minimum Gasteiger partial charge on any atom is -0.456 e. The minimum absolute atomic E-state index is 0.00338. The smallest absolute Gasteiger partial charge is 0.164 e. The van der Waals surface area contributed by atoms with E-state index < -0.39 is 0 Å². The summed E-state index contributed by atoms with van der Waals surface area (Å²) in [5, 5.41) is 0.527. The van der Waals surface area contributed by atoms with Gasteiger partial charge in [-0.05, 0) is 39.3 Å². The van der Waals surface area contributed by atoms with Gasteiger partial charge >= 0.3 is 0 Å². The molecule has 2 heterocycles. The lowest BCUT2D eigenvalue weighted by atomic mass is 9.58. The van der Waals surface area contributed by atoms with E-state index in [1.54, 1.807) is 0 Å². The van der Waals surface area contributed by atoms with Gasteiger partial charge in [-0.1, -0.05) is 136 Å². The van der Waals surface area contributed by atoms with Gasteiger partial charge in [0, 0.05) is 33.0 Å². The third kappa shape index (κ3) is 6.36. The Morgan fingerprint density at radius 3 is 1.30 bits per heavy atom. The lowest BCUT2D eigenvalue weighted by Gasteiger charge is -2.24. The van der Waals surface area contributed by atoms with Gasteiger partial charge in [0.05, 0.1) is 0 Å². The highest BCUT2D eigenvalue weighted by atomic mass is 16.3. The summed E-state index contributed by atoms with van der Waals surface area (Å²) in [6.07, 6.45) is 0. The highest BCUT2D eigenvalue weighted by Gasteiger charge is 2.27. The largest absolute Gasteiger partial charge is 0.456 e. The minimum atomic E-state index is -0.00762. The van der Waals surface area contributed by atoms with Crippen LogP contribution in [0.25, 0.3) is 89.5 Å². The molecule has 0 N–H and O–H groups in total. The third-order valence-electron chi connectivity index (χ3n) is 10.9. The predicted molar refractivity (Wildman–Crippen MR) is 259 cm³/mol. The Morgan fingerprint density at radius 2 is 0.683 bits per heavy atom. The second-order valence-corrected chi connectivity index (χ2v) is 14.4. The molecule has 0 amide bonds. The summed E-state index contributed by atoms with van der Waals surface area (Å²) in [4.78, 5) is 14.9. The van der Waals surface area contributed by atoms with Crippen LogP contribution in [0.4, 0.5) is 0 Å². The topological polar surface area (TPSA) is 51.8 Å². The van der Waals surface area contributed by atoms with Gasteiger partial charge in [0.2, 0.25) is 0 Å². The van der Waals surface area contributed by atoms with Gasteiger partial charge in [-0.25, -0.2) is 15.0 Å². The Balaban J connectivity index is 1.30. The van der Waals surface area contributed by atoms with Crippen molar-refractivity contribution in [2.75, 3.05) is 0 Å². The molecule has 0 aliphatic carbocycles. The maximum Gasteiger partial charge on any atom is 0.164 e. The standard InChI is InChI=1S/C45H18B11N3O/c46-30-25(31(47)39(55)40(56)38(30)54)26-33(49)37(53)34(50)27-28-32(48)35(51)29(36(52)42(28)60-41(26)27)45-58-43(22-16-14-21(15-17-22)19-8-3-1-4-9-19)57-44(59-45)24-13-7-12-23(18-24)20-10-5-2-6-11-20/h1-18H. The molecule has 60 heavy (non-hydrogen) atoms. The summed E-state index contributed by atoms with van der Waals surface area (Å²) in [7, 11) is 72.4. The van der Waals surface area contributed by atoms with Crippen molar-refractivity contribution in [1.29, 1.82) is 0 Å². The molecule has 0 fully saturated rings. The number of aromatic nitrogens is 3. The third-order valence-corrected chi connectivity index (χ3v) is 10.9. The van der Waals surface area contributed by atoms with Gasteiger partial charge in [0.25, 0.3) is 0 Å². The number of hydrogen-bond donors (Lipinski definition) is 0. The molecule has 0 saturated heterocycles. The second kappa shape index (κ2) is 15.3. The first-order chi connectivity index (χ1) is 28.8. The van der Waals surface area contributed by atoms with E-state index in [-0.39, 0.29) is 105 Å². The van der Waals surface area contributed by atoms with Crippen LogP contribution in [0.5, 0.6) is 0 Å². The highest BCUT2D eigenvalue weighted by molar-refractivity contribution is 6.71. The van der Waals surface area contributed by atoms with Crippen LogP contribution < -0.4 is 60.1 Å². The number of fused-ring (bicyclic) bond motifs is 3. The molecule has 4 nitrogen and oxygen atoms in total. The summed E-state index contributed by atoms with van der Waals surface area (Å²) in [6.45, 7) is 0. The molecule has 0 unspecified atom stereocenters. The molecule has 0 saturated carbocycles. The molecule has 15 heteroatoms. The summed E-state index contributed by atoms with van der Waals surface area (Å²) >= 11 is 0. The number of nitrogens with zero attached hydrogens (tertiary/aromatic N) is 3. The molecule has 22 radical (unpaired) electrons. The number of benzene rings is 7. The van der Waals surface area contributed by atoms with Crippen molar-refractivity contribution in [2.24, 2.45) is 0 Å². The quantitative estimate of drug-likeness (QED) is 0.196. The van der Waals surface area contributed by atoms with Crippen LogP contribution in [0, 0.1) is 0 Å². The zero-order chi connectivity index (χ0) is 42.1. The molecule has 252 valence electrons. The Bertz CT molecular complexity index is 3180. The Hall–Kier alpha value is -5.94. The van der Waals surface area contributed by atoms with E-state index in [1.807, 2.05) is 109 Å². The fourth-order valence-corrected chi connectivity index (χ4v) is 7.64. The van der Waals surface area contributed by atoms with Crippen molar-refractivity contribution >= 4 is 168 Å². The van der Waals surface area contributed by atoms with E-state index in [9.17, 15) is 0 Å². The van der Waals surface area contributed by atoms with Crippen LogP contribution in [0.3, 0.4) is 0 Å². The molecule has 0 aliphatic rings. The van der Waals surface area contributed by atoms with E-state index in [4.69, 9.17) is 106 Å². The first-order valence-corrected chi connectivity index (χ1v) is 18.6. The first-order valence-electron chi connectivity index (χ1n) is 18.6. The van der Waals surface area contributed by atoms with Crippen LogP contribution in [0.2, 0.25) is 0 Å². The molecular formula is C45H18B11N3O. The van der Waals surface area contributed by atoms with Gasteiger partial charge in [0.1, 0.15) is 97.5 Å². The number of hydrogen-bond acceptors (Lipinski definition) is 4. The average Bonchev–Trinajstić information content (AvgIpc) is 3.69. The molecule has 0 spiro atoms. The first kappa shape index (κ1) is 39.5. The zero-order valence-corrected chi connectivity index (χ0v) is 32.0. The molecule has 0 bridgehead atoms. The maximum absolute atomic E-state index is 7.05. The van der Waals surface area contributed by atoms with E-state index in [1.165, 1.54) is 0 Å². The fourth-order valence-electron chi connectivity index (χ4n) is 7.64. The van der Waals surface area contributed by atoms with Gasteiger partial charge in [-0.2, -0.15) is 0 Å². The van der Waals surface area contributed by atoms with Gasteiger partial charge in [-0.3, -0.25) is 0 Å². The zero-order valence-electron chi connectivity index (χ0n) is 32.0. The van der Waals surface area contributed by atoms with Crippen molar-refractivity contribution < 1.29 is 4.42 Å². The van der Waals surface area contributed by atoms with Crippen LogP contribution >= 0.6 is 0 Å². The monoisotopic (exact) mass is 737 g/mol. The lowest BCUT2D eigenvalue weighted by Crippen LogP contribution is -2.56. The van der Waals surface area contributed by atoms with Crippen LogP contribution in [-0.2, 0) is 0 Å². The lowest BCUT2D eigenvalue weighted by molar-refractivity contribution is 0.673. The van der Waals surface area contributed by atoms with Crippen LogP contribution in [0.1, 0.15) is 0 Å². The van der Waals surface area contributed by atoms with Crippen molar-refractivity contribution in [3.8, 4) is 67.5 Å². The van der Waals surface area contributed by atoms with E-state index in [0.29, 0.717) is 17.2 Å². The normalized spacial score (nSPS) is 11.4. The number of rotatable bonds is 6. The molecule has 9 aromatic rings. The van der Waals surface area contributed by atoms with E-state index in [0.717, 1.165) is 27.8 Å². The van der Waals surface area contributed by atoms with Crippen molar-refractivity contribution in [1.82, 2.24) is 15.0 Å². The summed E-state index contributed by atoms with van der Waals surface area (Å²) in [6, 6.07) is 35.8. The molecular weight excluding hydrogens is 717 g/mol. The number of furan rings is 1. The van der Waals surface area contributed by atoms with Crippen LogP contribution in [0.15, 0.2) is 114 Å². The second-order valence-electron chi connectivity index (χ2n) is 14.4. The van der Waals surface area contributed by atoms with Crippen molar-refractivity contribution in [3.63, 3.8) is 0 Å². The molecule has 7 aromatic carbocycles. The van der Waals surface area contributed by atoms with Crippen molar-refractivity contribution in [2.45, 2.75) is 0 Å². The maximum atomic E-state index is 7.05. The average molecular weight is 736 g/mol. The predicted octanol–water partition coefficient (Wildman–Crippen LogP) is -1.50. The fraction of sp³-hybridized carbons (Fsp3) is 0. The van der Waals surface area contributed by atoms with E-state index >= 15 is 0 Å². The summed E-state index contributed by atoms with van der Waals surface area (Å²) < 4.78 is 6.58. The Morgan fingerprint density at radius 1 is 0.283 bits per heavy atom. The summed E-state index contributed by atoms with van der Waals surface area (Å²) in [5.74, 6) is 0.855. The van der Waals surface area contributed by atoms with Gasteiger partial charge in [0.15, 0.2) is 17.5 Å². The Kier molecular flexibility index (Phi) is 10.1. The molecule has 2 aromatic heterocycles. The Labute approximate surface area is 362 Å². The molecule has 9 rings (SSSR count). The molecule has 0 atom stereocenters. The van der Waals surface area contributed by atoms with Gasteiger partial charge in [-0.15, -0.1) is 21.9 Å². The summed E-state index contributed by atoms with van der Waals surface area (Å²) in [5.41, 5.74) is 6.40. The highest BCUT2D eigenvalue weighted by Crippen LogP contribution is 2.33. The van der Waals surface area contributed by atoms with E-state index in [2.05, 4.69) is 0 Å². The van der Waals surface area contributed by atoms with Crippen molar-refractivity contribution in [3.05, 3.63) is 109 Å². The van der Waals surface area contributed by atoms with Crippen LogP contribution in [-0.4, -0.2) is 101 Å². The SMILES string of the molecule is [B]c1c([B])c([B])c(-c2c([B])c([B])c([B])c3c2oc2c([B])c(-c4nc(-c5ccc(-c6ccccc6)cc5)nc(-c5cccc(-c6ccccc6)c5)n4)c([B])c([B])c23)c([B])c1[B].